The Labute approximate surface area is 311 Å². The average molecular weight is 691 g/mol. The van der Waals surface area contributed by atoms with Crippen LogP contribution in [0.3, 0.4) is 0 Å². The Morgan fingerprint density at radius 1 is 0.463 bits per heavy atom. The van der Waals surface area contributed by atoms with Gasteiger partial charge in [0, 0.05) is 39.2 Å². The molecule has 5 heteroatoms. The van der Waals surface area contributed by atoms with Crippen molar-refractivity contribution in [3.05, 3.63) is 188 Å². The minimum Gasteiger partial charge on any atom is -0.455 e. The van der Waals surface area contributed by atoms with E-state index in [1.54, 1.807) is 0 Å². The van der Waals surface area contributed by atoms with E-state index >= 15 is 0 Å². The third-order valence-electron chi connectivity index (χ3n) is 10.1. The molecule has 10 aromatic rings. The van der Waals surface area contributed by atoms with Gasteiger partial charge in [0.05, 0.1) is 11.6 Å². The number of pyridine rings is 1. The van der Waals surface area contributed by atoms with Crippen molar-refractivity contribution in [2.24, 2.45) is 0 Å². The summed E-state index contributed by atoms with van der Waals surface area (Å²) in [5.41, 5.74) is 15.0. The maximum atomic E-state index is 9.24. The molecule has 0 amide bonds. The van der Waals surface area contributed by atoms with Gasteiger partial charge < -0.3 is 4.42 Å². The van der Waals surface area contributed by atoms with E-state index in [2.05, 4.69) is 152 Å². The number of hydrogen-bond donors (Lipinski definition) is 0. The van der Waals surface area contributed by atoms with Gasteiger partial charge in [-0.15, -0.1) is 5.10 Å². The number of benzene rings is 7. The SMILES string of the molecule is N#Cc1ccc(-c2cccc3c2oc2ccc(-c4cccc(-c5ccc(-c6nc7c(-c8ccccc8)cc(-c8ccccc8)cn7n6)cc5)c4)cc23)cc1. The van der Waals surface area contributed by atoms with Crippen molar-refractivity contribution >= 4 is 27.6 Å². The number of rotatable bonds is 6. The van der Waals surface area contributed by atoms with Crippen molar-refractivity contribution in [1.82, 2.24) is 14.6 Å². The molecular weight excluding hydrogens is 661 g/mol. The van der Waals surface area contributed by atoms with E-state index in [-0.39, 0.29) is 0 Å². The first-order chi connectivity index (χ1) is 26.7. The van der Waals surface area contributed by atoms with Gasteiger partial charge in [-0.3, -0.25) is 0 Å². The zero-order chi connectivity index (χ0) is 36.0. The number of furan rings is 1. The van der Waals surface area contributed by atoms with Crippen LogP contribution in [0.25, 0.3) is 94.6 Å². The summed E-state index contributed by atoms with van der Waals surface area (Å²) < 4.78 is 8.33. The van der Waals surface area contributed by atoms with E-state index in [0.29, 0.717) is 11.4 Å². The van der Waals surface area contributed by atoms with Gasteiger partial charge in [-0.25, -0.2) is 9.50 Å². The van der Waals surface area contributed by atoms with E-state index in [4.69, 9.17) is 14.5 Å². The van der Waals surface area contributed by atoms with Gasteiger partial charge in [0.15, 0.2) is 11.5 Å². The lowest BCUT2D eigenvalue weighted by Crippen LogP contribution is -1.93. The maximum absolute atomic E-state index is 9.24. The predicted molar refractivity (Wildman–Crippen MR) is 218 cm³/mol. The maximum Gasteiger partial charge on any atom is 0.182 e. The lowest BCUT2D eigenvalue weighted by molar-refractivity contribution is 0.670. The van der Waals surface area contributed by atoms with E-state index < -0.39 is 0 Å². The smallest absolute Gasteiger partial charge is 0.182 e. The van der Waals surface area contributed by atoms with Crippen molar-refractivity contribution in [3.63, 3.8) is 0 Å². The summed E-state index contributed by atoms with van der Waals surface area (Å²) in [5.74, 6) is 0.681. The number of para-hydroxylation sites is 1. The van der Waals surface area contributed by atoms with Gasteiger partial charge in [-0.05, 0) is 75.3 Å². The molecule has 0 saturated carbocycles. The summed E-state index contributed by atoms with van der Waals surface area (Å²) in [4.78, 5) is 5.05. The van der Waals surface area contributed by atoms with Crippen LogP contribution < -0.4 is 0 Å². The predicted octanol–water partition coefficient (Wildman–Crippen LogP) is 12.5. The molecule has 3 heterocycles. The Kier molecular flexibility index (Phi) is 7.45. The second kappa shape index (κ2) is 12.9. The highest BCUT2D eigenvalue weighted by atomic mass is 16.3. The number of aromatic nitrogens is 3. The first-order valence-corrected chi connectivity index (χ1v) is 17.9. The molecule has 252 valence electrons. The summed E-state index contributed by atoms with van der Waals surface area (Å²) in [7, 11) is 0. The average Bonchev–Trinajstić information content (AvgIpc) is 3.86. The second-order valence-electron chi connectivity index (χ2n) is 13.4. The molecular formula is C49H30N4O. The van der Waals surface area contributed by atoms with E-state index in [0.717, 1.165) is 88.8 Å². The molecule has 0 spiro atoms. The summed E-state index contributed by atoms with van der Waals surface area (Å²) in [5, 5.41) is 16.3. The number of hydrogen-bond acceptors (Lipinski definition) is 4. The van der Waals surface area contributed by atoms with Gasteiger partial charge >= 0.3 is 0 Å². The molecule has 0 saturated heterocycles. The van der Waals surface area contributed by atoms with Crippen LogP contribution in [-0.2, 0) is 0 Å². The molecule has 0 N–H and O–H groups in total. The van der Waals surface area contributed by atoms with Crippen LogP contribution in [0.5, 0.6) is 0 Å². The van der Waals surface area contributed by atoms with Gasteiger partial charge in [0.1, 0.15) is 11.2 Å². The highest BCUT2D eigenvalue weighted by Crippen LogP contribution is 2.38. The number of nitrogens with zero attached hydrogens (tertiary/aromatic N) is 4. The third-order valence-corrected chi connectivity index (χ3v) is 10.1. The Hall–Kier alpha value is -7.55. The summed E-state index contributed by atoms with van der Waals surface area (Å²) in [6.45, 7) is 0. The zero-order valence-electron chi connectivity index (χ0n) is 29.0. The van der Waals surface area contributed by atoms with Crippen LogP contribution in [0, 0.1) is 11.3 Å². The van der Waals surface area contributed by atoms with Crippen LogP contribution in [0.15, 0.2) is 187 Å². The topological polar surface area (TPSA) is 67.1 Å². The largest absolute Gasteiger partial charge is 0.455 e. The fourth-order valence-electron chi connectivity index (χ4n) is 7.35. The molecule has 7 aromatic carbocycles. The molecule has 0 atom stereocenters. The molecule has 10 rings (SSSR count). The Morgan fingerprint density at radius 3 is 1.81 bits per heavy atom. The van der Waals surface area contributed by atoms with Crippen molar-refractivity contribution in [2.45, 2.75) is 0 Å². The van der Waals surface area contributed by atoms with Crippen molar-refractivity contribution in [1.29, 1.82) is 5.26 Å². The van der Waals surface area contributed by atoms with Crippen LogP contribution in [0.1, 0.15) is 5.56 Å². The fraction of sp³-hybridized carbons (Fsp3) is 0. The van der Waals surface area contributed by atoms with Crippen molar-refractivity contribution in [3.8, 4) is 73.1 Å². The molecule has 0 aliphatic heterocycles. The summed E-state index contributed by atoms with van der Waals surface area (Å²) in [6.07, 6.45) is 2.06. The Bertz CT molecular complexity index is 3030. The normalized spacial score (nSPS) is 11.3. The summed E-state index contributed by atoms with van der Waals surface area (Å²) in [6, 6.07) is 62.6. The molecule has 0 fully saturated rings. The van der Waals surface area contributed by atoms with Gasteiger partial charge in [0.2, 0.25) is 0 Å². The fourth-order valence-corrected chi connectivity index (χ4v) is 7.35. The highest BCUT2D eigenvalue weighted by Gasteiger charge is 2.16. The molecule has 0 unspecified atom stereocenters. The van der Waals surface area contributed by atoms with Gasteiger partial charge in [-0.2, -0.15) is 5.26 Å². The summed E-state index contributed by atoms with van der Waals surface area (Å²) >= 11 is 0. The molecule has 0 aliphatic rings. The molecule has 54 heavy (non-hydrogen) atoms. The minimum atomic E-state index is 0.637. The highest BCUT2D eigenvalue weighted by molar-refractivity contribution is 6.10. The standard InChI is InChI=1S/C49H30N4O/c50-30-32-17-19-36(20-18-32)42-15-8-16-43-45-28-40(25-26-46(45)54-47(42)43)39-14-7-13-38(27-39)34-21-23-37(24-22-34)48-51-49-44(35-11-5-2-6-12-35)29-41(31-53(49)52-48)33-9-3-1-4-10-33/h1-29,31H. The van der Waals surface area contributed by atoms with Gasteiger partial charge in [-0.1, -0.05) is 140 Å². The Balaban J connectivity index is 0.976. The van der Waals surface area contributed by atoms with Crippen molar-refractivity contribution in [2.75, 3.05) is 0 Å². The first-order valence-electron chi connectivity index (χ1n) is 17.9. The number of fused-ring (bicyclic) bond motifs is 4. The lowest BCUT2D eigenvalue weighted by atomic mass is 9.97. The monoisotopic (exact) mass is 690 g/mol. The number of nitriles is 1. The molecule has 0 aliphatic carbocycles. The molecule has 0 radical (unpaired) electrons. The quantitative estimate of drug-likeness (QED) is 0.174. The van der Waals surface area contributed by atoms with Crippen LogP contribution in [0.4, 0.5) is 0 Å². The molecule has 0 bridgehead atoms. The van der Waals surface area contributed by atoms with Crippen LogP contribution in [0.2, 0.25) is 0 Å². The van der Waals surface area contributed by atoms with Crippen LogP contribution in [-0.4, -0.2) is 14.6 Å². The van der Waals surface area contributed by atoms with Crippen molar-refractivity contribution < 1.29 is 4.42 Å². The van der Waals surface area contributed by atoms with E-state index in [1.807, 2.05) is 40.9 Å². The van der Waals surface area contributed by atoms with Crippen LogP contribution >= 0.6 is 0 Å². The third kappa shape index (κ3) is 5.51. The van der Waals surface area contributed by atoms with Gasteiger partial charge in [0.25, 0.3) is 0 Å². The lowest BCUT2D eigenvalue weighted by Gasteiger charge is -2.08. The zero-order valence-corrected chi connectivity index (χ0v) is 29.0. The molecule has 3 aromatic heterocycles. The Morgan fingerprint density at radius 2 is 1.06 bits per heavy atom. The van der Waals surface area contributed by atoms with E-state index in [9.17, 15) is 5.26 Å². The second-order valence-corrected chi connectivity index (χ2v) is 13.4. The first kappa shape index (κ1) is 31.2. The van der Waals surface area contributed by atoms with E-state index in [1.165, 1.54) is 0 Å². The molecule has 5 nitrogen and oxygen atoms in total. The minimum absolute atomic E-state index is 0.637.